The Morgan fingerprint density at radius 2 is 2.50 bits per heavy atom. The highest BCUT2D eigenvalue weighted by molar-refractivity contribution is 9.10. The molecule has 1 aromatic rings. The molecule has 1 amide bonds. The summed E-state index contributed by atoms with van der Waals surface area (Å²) >= 11 is 3.26. The lowest BCUT2D eigenvalue weighted by atomic mass is 10.3. The van der Waals surface area contributed by atoms with Crippen molar-refractivity contribution in [3.63, 3.8) is 0 Å². The van der Waals surface area contributed by atoms with Crippen LogP contribution in [0.3, 0.4) is 0 Å². The zero-order valence-electron chi connectivity index (χ0n) is 8.21. The lowest BCUT2D eigenvalue weighted by Gasteiger charge is -2.06. The molecule has 4 nitrogen and oxygen atoms in total. The Kier molecular flexibility index (Phi) is 4.13. The molecular formula is C9H13BrN2O2. The summed E-state index contributed by atoms with van der Waals surface area (Å²) in [6.45, 7) is 4.10. The van der Waals surface area contributed by atoms with Gasteiger partial charge in [-0.3, -0.25) is 4.79 Å². The minimum atomic E-state index is -0.140. The van der Waals surface area contributed by atoms with Crippen LogP contribution in [0.5, 0.6) is 0 Å². The van der Waals surface area contributed by atoms with Crippen LogP contribution in [0.1, 0.15) is 25.0 Å². The van der Waals surface area contributed by atoms with Gasteiger partial charge in [-0.15, -0.1) is 0 Å². The fourth-order valence-corrected chi connectivity index (χ4v) is 1.10. The first kappa shape index (κ1) is 11.2. The zero-order chi connectivity index (χ0) is 10.6. The number of rotatable bonds is 4. The van der Waals surface area contributed by atoms with Gasteiger partial charge in [0.2, 0.25) is 11.8 Å². The summed E-state index contributed by atoms with van der Waals surface area (Å²) in [7, 11) is 0. The van der Waals surface area contributed by atoms with Crippen molar-refractivity contribution < 1.29 is 9.21 Å². The fraction of sp³-hybridized carbons (Fsp3) is 0.556. The molecule has 0 fully saturated rings. The number of aryl methyl sites for hydroxylation is 1. The van der Waals surface area contributed by atoms with E-state index < -0.39 is 0 Å². The van der Waals surface area contributed by atoms with Gasteiger partial charge in [-0.2, -0.15) is 0 Å². The second-order valence-corrected chi connectivity index (χ2v) is 4.06. The van der Waals surface area contributed by atoms with Gasteiger partial charge in [-0.05, 0) is 13.3 Å². The quantitative estimate of drug-likeness (QED) is 0.840. The van der Waals surface area contributed by atoms with Gasteiger partial charge in [-0.1, -0.05) is 22.9 Å². The Morgan fingerprint density at radius 1 is 1.79 bits per heavy atom. The van der Waals surface area contributed by atoms with Crippen molar-refractivity contribution in [1.29, 1.82) is 0 Å². The molecule has 0 aliphatic heterocycles. The number of nitrogens with one attached hydrogen (secondary N) is 1. The summed E-state index contributed by atoms with van der Waals surface area (Å²) in [4.78, 5) is 15.2. The highest BCUT2D eigenvalue weighted by Gasteiger charge is 2.12. The van der Waals surface area contributed by atoms with E-state index in [9.17, 15) is 4.79 Å². The SMILES string of the molecule is CCC(Br)C(=O)NCc1ncc(C)o1. The Hall–Kier alpha value is -0.840. The average Bonchev–Trinajstić information content (AvgIpc) is 2.59. The fourth-order valence-electron chi connectivity index (χ4n) is 0.942. The van der Waals surface area contributed by atoms with Crippen LogP contribution in [0.4, 0.5) is 0 Å². The Bertz CT molecular complexity index is 312. The third-order valence-corrected chi connectivity index (χ3v) is 2.79. The first-order valence-corrected chi connectivity index (χ1v) is 5.38. The van der Waals surface area contributed by atoms with Gasteiger partial charge in [-0.25, -0.2) is 4.98 Å². The number of hydrogen-bond donors (Lipinski definition) is 1. The van der Waals surface area contributed by atoms with E-state index in [0.29, 0.717) is 12.4 Å². The monoisotopic (exact) mass is 260 g/mol. The van der Waals surface area contributed by atoms with Crippen LogP contribution in [0.15, 0.2) is 10.6 Å². The molecule has 0 radical (unpaired) electrons. The molecule has 5 heteroatoms. The van der Waals surface area contributed by atoms with E-state index in [-0.39, 0.29) is 10.7 Å². The van der Waals surface area contributed by atoms with Crippen molar-refractivity contribution >= 4 is 21.8 Å². The topological polar surface area (TPSA) is 55.1 Å². The molecule has 0 aromatic carbocycles. The van der Waals surface area contributed by atoms with E-state index in [0.717, 1.165) is 12.2 Å². The summed E-state index contributed by atoms with van der Waals surface area (Å²) < 4.78 is 5.21. The van der Waals surface area contributed by atoms with Gasteiger partial charge in [0.1, 0.15) is 5.76 Å². The molecule has 0 aliphatic rings. The van der Waals surface area contributed by atoms with Gasteiger partial charge in [0.15, 0.2) is 0 Å². The van der Waals surface area contributed by atoms with Crippen LogP contribution in [-0.2, 0) is 11.3 Å². The first-order valence-electron chi connectivity index (χ1n) is 4.46. The molecule has 1 N–H and O–H groups in total. The van der Waals surface area contributed by atoms with Gasteiger partial charge in [0, 0.05) is 0 Å². The summed E-state index contributed by atoms with van der Waals surface area (Å²) in [6, 6.07) is 0. The molecule has 0 bridgehead atoms. The number of carbonyl (C=O) groups is 1. The maximum Gasteiger partial charge on any atom is 0.234 e. The first-order chi connectivity index (χ1) is 6.63. The van der Waals surface area contributed by atoms with Crippen LogP contribution < -0.4 is 5.32 Å². The third-order valence-electron chi connectivity index (χ3n) is 1.73. The van der Waals surface area contributed by atoms with E-state index in [1.54, 1.807) is 6.20 Å². The molecule has 14 heavy (non-hydrogen) atoms. The van der Waals surface area contributed by atoms with E-state index in [1.165, 1.54) is 0 Å². The van der Waals surface area contributed by atoms with Crippen molar-refractivity contribution in [3.8, 4) is 0 Å². The number of aromatic nitrogens is 1. The van der Waals surface area contributed by atoms with Crippen molar-refractivity contribution in [2.24, 2.45) is 0 Å². The number of hydrogen-bond acceptors (Lipinski definition) is 3. The molecule has 1 rings (SSSR count). The third kappa shape index (κ3) is 3.14. The summed E-state index contributed by atoms with van der Waals surface area (Å²) in [6.07, 6.45) is 2.39. The maximum atomic E-state index is 11.3. The van der Waals surface area contributed by atoms with E-state index in [4.69, 9.17) is 4.42 Å². The highest BCUT2D eigenvalue weighted by atomic mass is 79.9. The summed E-state index contributed by atoms with van der Waals surface area (Å²) in [5, 5.41) is 2.72. The zero-order valence-corrected chi connectivity index (χ0v) is 9.80. The van der Waals surface area contributed by atoms with Gasteiger partial charge < -0.3 is 9.73 Å². The predicted octanol–water partition coefficient (Wildman–Crippen LogP) is 1.77. The van der Waals surface area contributed by atoms with Gasteiger partial charge in [0.05, 0.1) is 17.6 Å². The number of alkyl halides is 1. The number of halogens is 1. The second-order valence-electron chi connectivity index (χ2n) is 2.96. The Labute approximate surface area is 91.2 Å². The highest BCUT2D eigenvalue weighted by Crippen LogP contribution is 2.05. The lowest BCUT2D eigenvalue weighted by molar-refractivity contribution is -0.120. The molecular weight excluding hydrogens is 248 g/mol. The standard InChI is InChI=1S/C9H13BrN2O2/c1-3-7(10)9(13)12-5-8-11-4-6(2)14-8/h4,7H,3,5H2,1-2H3,(H,12,13). The normalized spacial score (nSPS) is 12.5. The molecule has 0 aliphatic carbocycles. The lowest BCUT2D eigenvalue weighted by Crippen LogP contribution is -2.30. The van der Waals surface area contributed by atoms with Crippen LogP contribution in [-0.4, -0.2) is 15.7 Å². The smallest absolute Gasteiger partial charge is 0.234 e. The van der Waals surface area contributed by atoms with Crippen LogP contribution in [0.2, 0.25) is 0 Å². The summed E-state index contributed by atoms with van der Waals surface area (Å²) in [5.41, 5.74) is 0. The number of nitrogens with zero attached hydrogens (tertiary/aromatic N) is 1. The van der Waals surface area contributed by atoms with Crippen molar-refractivity contribution in [2.75, 3.05) is 0 Å². The van der Waals surface area contributed by atoms with Crippen LogP contribution in [0, 0.1) is 6.92 Å². The maximum absolute atomic E-state index is 11.3. The molecule has 78 valence electrons. The number of amides is 1. The van der Waals surface area contributed by atoms with E-state index in [2.05, 4.69) is 26.2 Å². The number of oxazole rings is 1. The molecule has 0 spiro atoms. The Morgan fingerprint density at radius 3 is 3.00 bits per heavy atom. The van der Waals surface area contributed by atoms with Crippen LogP contribution in [0.25, 0.3) is 0 Å². The minimum absolute atomic E-state index is 0.0386. The van der Waals surface area contributed by atoms with Crippen molar-refractivity contribution in [3.05, 3.63) is 17.8 Å². The van der Waals surface area contributed by atoms with Crippen molar-refractivity contribution in [1.82, 2.24) is 10.3 Å². The van der Waals surface area contributed by atoms with Gasteiger partial charge in [0.25, 0.3) is 0 Å². The largest absolute Gasteiger partial charge is 0.444 e. The second kappa shape index (κ2) is 5.14. The molecule has 1 atom stereocenters. The van der Waals surface area contributed by atoms with Gasteiger partial charge >= 0.3 is 0 Å². The molecule has 1 unspecified atom stereocenters. The summed E-state index contributed by atoms with van der Waals surface area (Å²) in [5.74, 6) is 1.25. The van der Waals surface area contributed by atoms with Crippen molar-refractivity contribution in [2.45, 2.75) is 31.6 Å². The predicted molar refractivity (Wildman–Crippen MR) is 56.1 cm³/mol. The van der Waals surface area contributed by atoms with Crippen LogP contribution >= 0.6 is 15.9 Å². The van der Waals surface area contributed by atoms with E-state index in [1.807, 2.05) is 13.8 Å². The Balaban J connectivity index is 2.37. The number of carbonyl (C=O) groups excluding carboxylic acids is 1. The molecule has 1 aromatic heterocycles. The van der Waals surface area contributed by atoms with E-state index >= 15 is 0 Å². The molecule has 1 heterocycles. The minimum Gasteiger partial charge on any atom is -0.444 e. The molecule has 0 saturated carbocycles. The molecule has 0 saturated heterocycles. The average molecular weight is 261 g/mol.